The van der Waals surface area contributed by atoms with Gasteiger partial charge in [-0.1, -0.05) is 42.0 Å². The number of carbonyl (C=O) groups is 1. The smallest absolute Gasteiger partial charge is 0.224 e. The fourth-order valence-corrected chi connectivity index (χ4v) is 2.95. The third-order valence-corrected chi connectivity index (χ3v) is 4.66. The van der Waals surface area contributed by atoms with Gasteiger partial charge in [-0.3, -0.25) is 4.79 Å². The van der Waals surface area contributed by atoms with Gasteiger partial charge in [0.1, 0.15) is 0 Å². The van der Waals surface area contributed by atoms with Crippen molar-refractivity contribution in [2.45, 2.75) is 24.7 Å². The van der Waals surface area contributed by atoms with Gasteiger partial charge in [0.2, 0.25) is 5.91 Å². The molecular weight excluding hydrogens is 310 g/mol. The Balaban J connectivity index is 1.81. The summed E-state index contributed by atoms with van der Waals surface area (Å²) in [7, 11) is -3.16. The molecule has 1 amide bonds. The summed E-state index contributed by atoms with van der Waals surface area (Å²) in [6.07, 6.45) is 2.23. The lowest BCUT2D eigenvalue weighted by atomic mass is 10.1. The summed E-state index contributed by atoms with van der Waals surface area (Å²) in [5.41, 5.74) is 3.13. The van der Waals surface area contributed by atoms with Crippen molar-refractivity contribution >= 4 is 15.7 Å². The summed E-state index contributed by atoms with van der Waals surface area (Å²) in [6.45, 7) is 2.53. The Kier molecular flexibility index (Phi) is 5.55. The molecule has 1 N–H and O–H groups in total. The molecule has 0 radical (unpaired) electrons. The standard InChI is InChI=1S/C18H21NO3S/c1-14-4-3-5-16(12-14)13-18(20)19-11-10-15-6-8-17(9-7-15)23(2,21)22/h3-9,12H,10-11,13H2,1-2H3,(H,19,20). The fraction of sp³-hybridized carbons (Fsp3) is 0.278. The summed E-state index contributed by atoms with van der Waals surface area (Å²) in [5, 5.41) is 2.89. The first-order valence-corrected chi connectivity index (χ1v) is 9.35. The number of aryl methyl sites for hydroxylation is 1. The van der Waals surface area contributed by atoms with E-state index in [9.17, 15) is 13.2 Å². The van der Waals surface area contributed by atoms with Gasteiger partial charge in [0, 0.05) is 12.8 Å². The number of hydrogen-bond acceptors (Lipinski definition) is 3. The van der Waals surface area contributed by atoms with Gasteiger partial charge in [-0.25, -0.2) is 8.42 Å². The van der Waals surface area contributed by atoms with Crippen molar-refractivity contribution in [3.05, 3.63) is 65.2 Å². The van der Waals surface area contributed by atoms with Gasteiger partial charge in [0.15, 0.2) is 9.84 Å². The van der Waals surface area contributed by atoms with Crippen molar-refractivity contribution in [1.29, 1.82) is 0 Å². The van der Waals surface area contributed by atoms with Crippen LogP contribution in [0.2, 0.25) is 0 Å². The first-order chi connectivity index (χ1) is 10.8. The SMILES string of the molecule is Cc1cccc(CC(=O)NCCc2ccc(S(C)(=O)=O)cc2)c1. The Labute approximate surface area is 137 Å². The molecule has 0 aromatic heterocycles. The number of hydrogen-bond donors (Lipinski definition) is 1. The first-order valence-electron chi connectivity index (χ1n) is 7.46. The number of carbonyl (C=O) groups excluding carboxylic acids is 1. The molecule has 122 valence electrons. The lowest BCUT2D eigenvalue weighted by molar-refractivity contribution is -0.120. The van der Waals surface area contributed by atoms with Crippen LogP contribution >= 0.6 is 0 Å². The van der Waals surface area contributed by atoms with E-state index >= 15 is 0 Å². The Morgan fingerprint density at radius 3 is 2.35 bits per heavy atom. The average molecular weight is 331 g/mol. The van der Waals surface area contributed by atoms with Crippen LogP contribution in [0.25, 0.3) is 0 Å². The minimum Gasteiger partial charge on any atom is -0.355 e. The maximum atomic E-state index is 11.9. The van der Waals surface area contributed by atoms with Gasteiger partial charge in [0.25, 0.3) is 0 Å². The van der Waals surface area contributed by atoms with Gasteiger partial charge < -0.3 is 5.32 Å². The molecule has 0 heterocycles. The van der Waals surface area contributed by atoms with E-state index in [-0.39, 0.29) is 5.91 Å². The van der Waals surface area contributed by atoms with Gasteiger partial charge in [-0.2, -0.15) is 0 Å². The van der Waals surface area contributed by atoms with Gasteiger partial charge in [0.05, 0.1) is 11.3 Å². The predicted molar refractivity (Wildman–Crippen MR) is 91.1 cm³/mol. The number of sulfone groups is 1. The van der Waals surface area contributed by atoms with Gasteiger partial charge in [-0.05, 0) is 36.6 Å². The van der Waals surface area contributed by atoms with E-state index in [4.69, 9.17) is 0 Å². The van der Waals surface area contributed by atoms with Crippen molar-refractivity contribution in [2.24, 2.45) is 0 Å². The fourth-order valence-electron chi connectivity index (χ4n) is 2.32. The number of rotatable bonds is 6. The van der Waals surface area contributed by atoms with Gasteiger partial charge in [-0.15, -0.1) is 0 Å². The van der Waals surface area contributed by atoms with Crippen LogP contribution in [0.4, 0.5) is 0 Å². The van der Waals surface area contributed by atoms with E-state index in [1.165, 1.54) is 6.26 Å². The van der Waals surface area contributed by atoms with Crippen molar-refractivity contribution < 1.29 is 13.2 Å². The Hall–Kier alpha value is -2.14. The highest BCUT2D eigenvalue weighted by Gasteiger charge is 2.07. The minimum absolute atomic E-state index is 0.0108. The second-order valence-corrected chi connectivity index (χ2v) is 7.70. The molecule has 0 spiro atoms. The average Bonchev–Trinajstić information content (AvgIpc) is 2.47. The Morgan fingerprint density at radius 1 is 1.04 bits per heavy atom. The summed E-state index contributed by atoms with van der Waals surface area (Å²) >= 11 is 0. The van der Waals surface area contributed by atoms with E-state index in [1.807, 2.05) is 31.2 Å². The van der Waals surface area contributed by atoms with Crippen LogP contribution < -0.4 is 5.32 Å². The molecule has 0 unspecified atom stereocenters. The van der Waals surface area contributed by atoms with Crippen LogP contribution in [0.15, 0.2) is 53.4 Å². The van der Waals surface area contributed by atoms with Crippen LogP contribution in [0, 0.1) is 6.92 Å². The molecule has 0 aliphatic heterocycles. The molecule has 2 aromatic carbocycles. The third-order valence-electron chi connectivity index (χ3n) is 3.53. The van der Waals surface area contributed by atoms with E-state index in [2.05, 4.69) is 5.32 Å². The third kappa shape index (κ3) is 5.53. The zero-order valence-corrected chi connectivity index (χ0v) is 14.2. The highest BCUT2D eigenvalue weighted by atomic mass is 32.2. The first kappa shape index (κ1) is 17.2. The molecule has 0 fully saturated rings. The molecule has 0 bridgehead atoms. The van der Waals surface area contributed by atoms with E-state index in [0.29, 0.717) is 24.3 Å². The maximum Gasteiger partial charge on any atom is 0.224 e. The van der Waals surface area contributed by atoms with Gasteiger partial charge >= 0.3 is 0 Å². The van der Waals surface area contributed by atoms with Crippen LogP contribution in [0.5, 0.6) is 0 Å². The van der Waals surface area contributed by atoms with Crippen molar-refractivity contribution in [3.8, 4) is 0 Å². The lowest BCUT2D eigenvalue weighted by Gasteiger charge is -2.07. The molecule has 0 saturated heterocycles. The quantitative estimate of drug-likeness (QED) is 0.883. The maximum absolute atomic E-state index is 11.9. The highest BCUT2D eigenvalue weighted by Crippen LogP contribution is 2.10. The van der Waals surface area contributed by atoms with Crippen LogP contribution in [0.1, 0.15) is 16.7 Å². The van der Waals surface area contributed by atoms with Crippen molar-refractivity contribution in [2.75, 3.05) is 12.8 Å². The van der Waals surface area contributed by atoms with Crippen molar-refractivity contribution in [3.63, 3.8) is 0 Å². The summed E-state index contributed by atoms with van der Waals surface area (Å²) in [5.74, 6) is -0.0108. The van der Waals surface area contributed by atoms with Crippen LogP contribution in [0.3, 0.4) is 0 Å². The lowest BCUT2D eigenvalue weighted by Crippen LogP contribution is -2.27. The van der Waals surface area contributed by atoms with Crippen LogP contribution in [-0.2, 0) is 27.5 Å². The molecule has 23 heavy (non-hydrogen) atoms. The second kappa shape index (κ2) is 7.42. The van der Waals surface area contributed by atoms with E-state index in [1.54, 1.807) is 24.3 Å². The number of benzene rings is 2. The molecular formula is C18H21NO3S. The van der Waals surface area contributed by atoms with Crippen LogP contribution in [-0.4, -0.2) is 27.1 Å². The summed E-state index contributed by atoms with van der Waals surface area (Å²) < 4.78 is 22.8. The minimum atomic E-state index is -3.16. The predicted octanol–water partition coefficient (Wildman–Crippen LogP) is 2.30. The molecule has 2 rings (SSSR count). The number of amides is 1. The zero-order chi connectivity index (χ0) is 16.9. The van der Waals surface area contributed by atoms with E-state index in [0.717, 1.165) is 16.7 Å². The molecule has 0 saturated carbocycles. The Morgan fingerprint density at radius 2 is 1.74 bits per heavy atom. The Bertz CT molecular complexity index is 780. The highest BCUT2D eigenvalue weighted by molar-refractivity contribution is 7.90. The summed E-state index contributed by atoms with van der Waals surface area (Å²) in [6, 6.07) is 14.6. The normalized spacial score (nSPS) is 11.2. The summed E-state index contributed by atoms with van der Waals surface area (Å²) in [4.78, 5) is 12.2. The van der Waals surface area contributed by atoms with Crippen molar-refractivity contribution in [1.82, 2.24) is 5.32 Å². The molecule has 0 aliphatic rings. The second-order valence-electron chi connectivity index (χ2n) is 5.68. The molecule has 0 aliphatic carbocycles. The molecule has 5 heteroatoms. The molecule has 2 aromatic rings. The molecule has 0 atom stereocenters. The number of nitrogens with one attached hydrogen (secondary N) is 1. The zero-order valence-electron chi connectivity index (χ0n) is 13.4. The molecule has 4 nitrogen and oxygen atoms in total. The topological polar surface area (TPSA) is 63.2 Å². The monoisotopic (exact) mass is 331 g/mol. The largest absolute Gasteiger partial charge is 0.355 e. The van der Waals surface area contributed by atoms with E-state index < -0.39 is 9.84 Å².